The van der Waals surface area contributed by atoms with Gasteiger partial charge in [-0.25, -0.2) is 4.68 Å². The van der Waals surface area contributed by atoms with Crippen LogP contribution in [-0.4, -0.2) is 21.7 Å². The second-order valence-corrected chi connectivity index (χ2v) is 6.98. The lowest BCUT2D eigenvalue weighted by atomic mass is 10.00. The molecule has 1 aromatic heterocycles. The van der Waals surface area contributed by atoms with Crippen LogP contribution in [0.25, 0.3) is 0 Å². The molecular weight excluding hydrogens is 383 g/mol. The van der Waals surface area contributed by atoms with E-state index in [9.17, 15) is 4.79 Å². The van der Waals surface area contributed by atoms with Crippen LogP contribution in [0.4, 0.5) is 5.82 Å². The van der Waals surface area contributed by atoms with E-state index in [-0.39, 0.29) is 30.3 Å². The van der Waals surface area contributed by atoms with E-state index in [0.717, 1.165) is 24.8 Å². The number of hydrogen-bond acceptors (Lipinski definition) is 3. The van der Waals surface area contributed by atoms with Crippen molar-refractivity contribution in [3.8, 4) is 0 Å². The fourth-order valence-corrected chi connectivity index (χ4v) is 3.53. The minimum Gasteiger partial charge on any atom is -0.327 e. The number of nitrogens with two attached hydrogens (primary N) is 1. The average Bonchev–Trinajstić information content (AvgIpc) is 3.14. The predicted molar refractivity (Wildman–Crippen MR) is 104 cm³/mol. The van der Waals surface area contributed by atoms with Crippen LogP contribution >= 0.6 is 35.6 Å². The van der Waals surface area contributed by atoms with Gasteiger partial charge in [-0.15, -0.1) is 12.4 Å². The van der Waals surface area contributed by atoms with Gasteiger partial charge < -0.3 is 11.1 Å². The number of nitrogens with one attached hydrogen (secondary N) is 1. The summed E-state index contributed by atoms with van der Waals surface area (Å²) in [4.78, 5) is 12.3. The fourth-order valence-electron chi connectivity index (χ4n) is 3.15. The van der Waals surface area contributed by atoms with Crippen LogP contribution in [0, 0.1) is 5.92 Å². The van der Waals surface area contributed by atoms with E-state index in [0.29, 0.717) is 28.8 Å². The molecule has 1 fully saturated rings. The molecule has 1 aliphatic rings. The Morgan fingerprint density at radius 2 is 2.12 bits per heavy atom. The van der Waals surface area contributed by atoms with Gasteiger partial charge in [-0.2, -0.15) is 5.10 Å². The van der Waals surface area contributed by atoms with Gasteiger partial charge in [-0.1, -0.05) is 41.8 Å². The van der Waals surface area contributed by atoms with Crippen LogP contribution < -0.4 is 11.1 Å². The molecule has 136 valence electrons. The highest BCUT2D eigenvalue weighted by molar-refractivity contribution is 6.42. The number of carbonyl (C=O) groups excluding carboxylic acids is 1. The van der Waals surface area contributed by atoms with E-state index < -0.39 is 0 Å². The number of anilines is 1. The third-order valence-electron chi connectivity index (χ3n) is 4.50. The number of carbonyl (C=O) groups is 1. The molecule has 3 N–H and O–H groups in total. The molecule has 1 aliphatic carbocycles. The summed E-state index contributed by atoms with van der Waals surface area (Å²) in [6, 6.07) is 7.37. The van der Waals surface area contributed by atoms with Gasteiger partial charge in [0, 0.05) is 18.5 Å². The summed E-state index contributed by atoms with van der Waals surface area (Å²) in [7, 11) is 0. The monoisotopic (exact) mass is 402 g/mol. The molecule has 3 rings (SSSR count). The second-order valence-electron chi connectivity index (χ2n) is 6.19. The summed E-state index contributed by atoms with van der Waals surface area (Å²) in [6.07, 6.45) is 5.22. The van der Waals surface area contributed by atoms with Crippen molar-refractivity contribution in [3.63, 3.8) is 0 Å². The number of benzene rings is 1. The molecule has 0 aliphatic heterocycles. The predicted octanol–water partition coefficient (Wildman–Crippen LogP) is 4.12. The first-order chi connectivity index (χ1) is 11.5. The van der Waals surface area contributed by atoms with Crippen molar-refractivity contribution in [1.29, 1.82) is 0 Å². The zero-order valence-electron chi connectivity index (χ0n) is 13.6. The maximum absolute atomic E-state index is 12.3. The molecule has 0 saturated heterocycles. The first-order valence-corrected chi connectivity index (χ1v) is 8.80. The van der Waals surface area contributed by atoms with Crippen LogP contribution in [0.3, 0.4) is 0 Å². The molecule has 1 aromatic carbocycles. The highest BCUT2D eigenvalue weighted by atomic mass is 35.5. The highest BCUT2D eigenvalue weighted by Gasteiger charge is 2.26. The molecule has 2 atom stereocenters. The van der Waals surface area contributed by atoms with Gasteiger partial charge in [-0.3, -0.25) is 4.79 Å². The summed E-state index contributed by atoms with van der Waals surface area (Å²) >= 11 is 12.3. The molecule has 1 amide bonds. The van der Waals surface area contributed by atoms with Crippen LogP contribution in [0.5, 0.6) is 0 Å². The fraction of sp³-hybridized carbons (Fsp3) is 0.412. The summed E-state index contributed by atoms with van der Waals surface area (Å²) in [5, 5.41) is 8.19. The topological polar surface area (TPSA) is 72.9 Å². The van der Waals surface area contributed by atoms with Crippen molar-refractivity contribution < 1.29 is 4.79 Å². The van der Waals surface area contributed by atoms with Gasteiger partial charge >= 0.3 is 0 Å². The zero-order chi connectivity index (χ0) is 17.1. The SMILES string of the molecule is Cl.N[C@@H]1CCC[C@H]1CC(=O)Nc1ccnn1Cc1cccc(Cl)c1Cl. The van der Waals surface area contributed by atoms with E-state index in [2.05, 4.69) is 10.4 Å². The molecule has 0 bridgehead atoms. The molecule has 1 heterocycles. The molecule has 0 unspecified atom stereocenters. The number of aromatic nitrogens is 2. The third-order valence-corrected chi connectivity index (χ3v) is 5.36. The lowest BCUT2D eigenvalue weighted by Gasteiger charge is -2.15. The summed E-state index contributed by atoms with van der Waals surface area (Å²) in [5.41, 5.74) is 6.89. The van der Waals surface area contributed by atoms with Crippen molar-refractivity contribution in [2.45, 2.75) is 38.3 Å². The van der Waals surface area contributed by atoms with Crippen molar-refractivity contribution in [1.82, 2.24) is 9.78 Å². The Morgan fingerprint density at radius 1 is 1.32 bits per heavy atom. The van der Waals surface area contributed by atoms with Gasteiger partial charge in [0.1, 0.15) is 5.82 Å². The second kappa shape index (κ2) is 8.90. The van der Waals surface area contributed by atoms with Crippen LogP contribution in [0.2, 0.25) is 10.0 Å². The maximum Gasteiger partial charge on any atom is 0.225 e. The Kier molecular flexibility index (Phi) is 7.14. The Labute approximate surface area is 163 Å². The number of nitrogens with zero attached hydrogens (tertiary/aromatic N) is 2. The van der Waals surface area contributed by atoms with E-state index in [1.54, 1.807) is 23.0 Å². The molecule has 5 nitrogen and oxygen atoms in total. The minimum atomic E-state index is -0.0312. The van der Waals surface area contributed by atoms with Crippen molar-refractivity contribution in [2.24, 2.45) is 11.7 Å². The lowest BCUT2D eigenvalue weighted by molar-refractivity contribution is -0.117. The molecule has 1 saturated carbocycles. The maximum atomic E-state index is 12.3. The zero-order valence-corrected chi connectivity index (χ0v) is 15.9. The van der Waals surface area contributed by atoms with Gasteiger partial charge in [0.25, 0.3) is 0 Å². The highest BCUT2D eigenvalue weighted by Crippen LogP contribution is 2.28. The first-order valence-electron chi connectivity index (χ1n) is 8.04. The summed E-state index contributed by atoms with van der Waals surface area (Å²) in [6.45, 7) is 0.435. The van der Waals surface area contributed by atoms with Crippen molar-refractivity contribution in [2.75, 3.05) is 5.32 Å². The number of amides is 1. The number of halogens is 3. The molecular formula is C17H21Cl3N4O. The van der Waals surface area contributed by atoms with Gasteiger partial charge in [0.2, 0.25) is 5.91 Å². The Morgan fingerprint density at radius 3 is 2.84 bits per heavy atom. The smallest absolute Gasteiger partial charge is 0.225 e. The lowest BCUT2D eigenvalue weighted by Crippen LogP contribution is -2.28. The molecule has 0 spiro atoms. The summed E-state index contributed by atoms with van der Waals surface area (Å²) in [5.74, 6) is 0.877. The van der Waals surface area contributed by atoms with Gasteiger partial charge in [0.15, 0.2) is 0 Å². The Balaban J connectivity index is 0.00000225. The van der Waals surface area contributed by atoms with E-state index in [4.69, 9.17) is 28.9 Å². The quantitative estimate of drug-likeness (QED) is 0.789. The van der Waals surface area contributed by atoms with Crippen LogP contribution in [0.1, 0.15) is 31.2 Å². The summed E-state index contributed by atoms with van der Waals surface area (Å²) < 4.78 is 1.70. The average molecular weight is 404 g/mol. The first kappa shape index (κ1) is 20.0. The molecule has 0 radical (unpaired) electrons. The molecule has 25 heavy (non-hydrogen) atoms. The number of rotatable bonds is 5. The Hall–Kier alpha value is -1.27. The molecule has 2 aromatic rings. The normalized spacial score (nSPS) is 19.5. The van der Waals surface area contributed by atoms with Crippen LogP contribution in [0.15, 0.2) is 30.5 Å². The van der Waals surface area contributed by atoms with Crippen molar-refractivity contribution in [3.05, 3.63) is 46.1 Å². The standard InChI is InChI=1S/C17H20Cl2N4O.ClH/c18-13-5-1-4-12(17(13)19)10-23-15(7-8-21-23)22-16(24)9-11-3-2-6-14(11)20;/h1,4-5,7-8,11,14H,2-3,6,9-10,20H2,(H,22,24);1H/t11-,14+;/m0./s1. The Bertz CT molecular complexity index is 734. The van der Waals surface area contributed by atoms with Crippen LogP contribution in [-0.2, 0) is 11.3 Å². The van der Waals surface area contributed by atoms with E-state index in [1.807, 2.05) is 12.1 Å². The number of hydrogen-bond donors (Lipinski definition) is 2. The third kappa shape index (κ3) is 4.88. The van der Waals surface area contributed by atoms with E-state index in [1.165, 1.54) is 0 Å². The van der Waals surface area contributed by atoms with Crippen molar-refractivity contribution >= 4 is 47.3 Å². The van der Waals surface area contributed by atoms with E-state index >= 15 is 0 Å². The van der Waals surface area contributed by atoms with Gasteiger partial charge in [0.05, 0.1) is 22.8 Å². The largest absolute Gasteiger partial charge is 0.327 e. The molecule has 8 heteroatoms. The minimum absolute atomic E-state index is 0. The van der Waals surface area contributed by atoms with Gasteiger partial charge in [-0.05, 0) is 30.4 Å².